The van der Waals surface area contributed by atoms with Gasteiger partial charge in [0.05, 0.1) is 0 Å². The summed E-state index contributed by atoms with van der Waals surface area (Å²) in [5.41, 5.74) is 0.135. The minimum atomic E-state index is -0.483. The number of piperidine rings is 1. The zero-order valence-corrected chi connectivity index (χ0v) is 15.5. The number of fused-ring (bicyclic) bond motifs is 1. The van der Waals surface area contributed by atoms with Gasteiger partial charge in [-0.2, -0.15) is 0 Å². The summed E-state index contributed by atoms with van der Waals surface area (Å²) in [5.74, 6) is 0.491. The van der Waals surface area contributed by atoms with Crippen LogP contribution in [0.1, 0.15) is 39.2 Å². The van der Waals surface area contributed by atoms with E-state index in [0.717, 1.165) is 41.7 Å². The predicted octanol–water partition coefficient (Wildman–Crippen LogP) is 3.46. The van der Waals surface area contributed by atoms with Crippen molar-refractivity contribution in [2.45, 2.75) is 51.2 Å². The largest absolute Gasteiger partial charge is 0.486 e. The summed E-state index contributed by atoms with van der Waals surface area (Å²) >= 11 is 3.50. The van der Waals surface area contributed by atoms with Crippen LogP contribution in [-0.4, -0.2) is 30.3 Å². The van der Waals surface area contributed by atoms with Crippen molar-refractivity contribution in [3.63, 3.8) is 0 Å². The van der Waals surface area contributed by atoms with Gasteiger partial charge in [-0.15, -0.1) is 0 Å². The number of carbonyl (C=O) groups excluding carboxylic acids is 1. The van der Waals surface area contributed by atoms with Crippen molar-refractivity contribution < 1.29 is 14.3 Å². The maximum atomic E-state index is 12.8. The lowest BCUT2D eigenvalue weighted by molar-refractivity contribution is -0.171. The molecule has 0 aromatic heterocycles. The highest BCUT2D eigenvalue weighted by Crippen LogP contribution is 2.43. The summed E-state index contributed by atoms with van der Waals surface area (Å²) in [4.78, 5) is 12.8. The molecule has 126 valence electrons. The van der Waals surface area contributed by atoms with Crippen molar-refractivity contribution in [3.05, 3.63) is 28.2 Å². The summed E-state index contributed by atoms with van der Waals surface area (Å²) < 4.78 is 13.1. The van der Waals surface area contributed by atoms with Gasteiger partial charge < -0.3 is 14.8 Å². The summed E-state index contributed by atoms with van der Waals surface area (Å²) in [6.45, 7) is 7.47. The number of halogens is 1. The van der Waals surface area contributed by atoms with E-state index in [1.807, 2.05) is 39.0 Å². The lowest BCUT2D eigenvalue weighted by Crippen LogP contribution is -2.57. The molecule has 2 aliphatic heterocycles. The summed E-state index contributed by atoms with van der Waals surface area (Å²) in [7, 11) is 0. The van der Waals surface area contributed by atoms with E-state index in [4.69, 9.17) is 9.47 Å². The molecule has 1 saturated heterocycles. The Morgan fingerprint density at radius 3 is 2.70 bits per heavy atom. The number of rotatable bonds is 1. The third-order valence-electron chi connectivity index (χ3n) is 4.54. The van der Waals surface area contributed by atoms with Crippen molar-refractivity contribution >= 4 is 21.9 Å². The molecule has 1 aromatic carbocycles. The number of hydrogen-bond acceptors (Lipinski definition) is 4. The molecule has 2 heterocycles. The molecule has 3 rings (SSSR count). The topological polar surface area (TPSA) is 47.6 Å². The van der Waals surface area contributed by atoms with Gasteiger partial charge in [0.2, 0.25) is 0 Å². The Bertz CT molecular complexity index is 603. The second kappa shape index (κ2) is 6.10. The number of benzene rings is 1. The molecule has 1 N–H and O–H groups in total. The number of nitrogens with one attached hydrogen (secondary N) is 1. The molecular weight excluding hydrogens is 358 g/mol. The standard InChI is InChI=1S/C18H24BrNO3/c1-17(2,3)23-16(21)14-11-12-10-13(19)4-5-15(12)22-18(14)6-8-20-9-7-18/h4-5,10,14,20H,6-9,11H2,1-3H3. The first kappa shape index (κ1) is 16.8. The van der Waals surface area contributed by atoms with Crippen LogP contribution in [0.5, 0.6) is 5.75 Å². The van der Waals surface area contributed by atoms with Crippen molar-refractivity contribution in [1.29, 1.82) is 0 Å². The van der Waals surface area contributed by atoms with Crippen LogP contribution < -0.4 is 10.1 Å². The van der Waals surface area contributed by atoms with Crippen LogP contribution in [0.25, 0.3) is 0 Å². The van der Waals surface area contributed by atoms with Crippen LogP contribution in [-0.2, 0) is 16.0 Å². The Balaban J connectivity index is 1.95. The SMILES string of the molecule is CC(C)(C)OC(=O)C1Cc2cc(Br)ccc2OC12CCNCC2. The fraction of sp³-hybridized carbons (Fsp3) is 0.611. The van der Waals surface area contributed by atoms with Gasteiger partial charge in [0.1, 0.15) is 22.9 Å². The highest BCUT2D eigenvalue weighted by atomic mass is 79.9. The van der Waals surface area contributed by atoms with E-state index in [1.165, 1.54) is 0 Å². The zero-order chi connectivity index (χ0) is 16.7. The lowest BCUT2D eigenvalue weighted by Gasteiger charge is -2.46. The molecule has 1 atom stereocenters. The molecule has 0 aliphatic carbocycles. The summed E-state index contributed by atoms with van der Waals surface area (Å²) in [5, 5.41) is 3.36. The molecule has 0 saturated carbocycles. The molecule has 2 aliphatic rings. The van der Waals surface area contributed by atoms with E-state index in [2.05, 4.69) is 21.2 Å². The Kier molecular flexibility index (Phi) is 4.45. The van der Waals surface area contributed by atoms with Crippen molar-refractivity contribution in [2.24, 2.45) is 5.92 Å². The number of ether oxygens (including phenoxy) is 2. The van der Waals surface area contributed by atoms with Gasteiger partial charge in [0, 0.05) is 17.3 Å². The molecule has 0 amide bonds. The van der Waals surface area contributed by atoms with Crippen LogP contribution in [0, 0.1) is 5.92 Å². The third kappa shape index (κ3) is 3.56. The lowest BCUT2D eigenvalue weighted by atomic mass is 9.74. The molecule has 1 aromatic rings. The summed E-state index contributed by atoms with van der Waals surface area (Å²) in [6.07, 6.45) is 2.32. The van der Waals surface area contributed by atoms with Gasteiger partial charge in [0.25, 0.3) is 0 Å². The molecular formula is C18H24BrNO3. The molecule has 0 radical (unpaired) electrons. The average molecular weight is 382 g/mol. The minimum absolute atomic E-state index is 0.148. The number of hydrogen-bond donors (Lipinski definition) is 1. The smallest absolute Gasteiger partial charge is 0.313 e. The van der Waals surface area contributed by atoms with Crippen molar-refractivity contribution in [2.75, 3.05) is 13.1 Å². The van der Waals surface area contributed by atoms with Crippen LogP contribution in [0.15, 0.2) is 22.7 Å². The second-order valence-electron chi connectivity index (χ2n) is 7.46. The maximum absolute atomic E-state index is 12.8. The van der Waals surface area contributed by atoms with Crippen LogP contribution in [0.2, 0.25) is 0 Å². The third-order valence-corrected chi connectivity index (χ3v) is 5.03. The van der Waals surface area contributed by atoms with Gasteiger partial charge in [-0.05, 0) is 64.0 Å². The fourth-order valence-corrected chi connectivity index (χ4v) is 3.88. The van der Waals surface area contributed by atoms with E-state index >= 15 is 0 Å². The molecule has 23 heavy (non-hydrogen) atoms. The number of esters is 1. The predicted molar refractivity (Wildman–Crippen MR) is 92.6 cm³/mol. The van der Waals surface area contributed by atoms with Gasteiger partial charge in [-0.3, -0.25) is 4.79 Å². The van der Waals surface area contributed by atoms with E-state index in [9.17, 15) is 4.79 Å². The van der Waals surface area contributed by atoms with Gasteiger partial charge in [-0.25, -0.2) is 0 Å². The van der Waals surface area contributed by atoms with E-state index in [-0.39, 0.29) is 11.9 Å². The first-order valence-electron chi connectivity index (χ1n) is 8.20. The first-order chi connectivity index (χ1) is 10.8. The maximum Gasteiger partial charge on any atom is 0.313 e. The van der Waals surface area contributed by atoms with Gasteiger partial charge >= 0.3 is 5.97 Å². The number of carbonyl (C=O) groups is 1. The van der Waals surface area contributed by atoms with E-state index in [1.54, 1.807) is 0 Å². The molecule has 1 spiro atoms. The molecule has 4 nitrogen and oxygen atoms in total. The van der Waals surface area contributed by atoms with Gasteiger partial charge in [-0.1, -0.05) is 15.9 Å². The van der Waals surface area contributed by atoms with Crippen LogP contribution in [0.3, 0.4) is 0 Å². The van der Waals surface area contributed by atoms with Crippen molar-refractivity contribution in [3.8, 4) is 5.75 Å². The Morgan fingerprint density at radius 2 is 2.04 bits per heavy atom. The quantitative estimate of drug-likeness (QED) is 0.756. The van der Waals surface area contributed by atoms with Crippen LogP contribution in [0.4, 0.5) is 0 Å². The Morgan fingerprint density at radius 1 is 1.35 bits per heavy atom. The summed E-state index contributed by atoms with van der Waals surface area (Å²) in [6, 6.07) is 6.02. The van der Waals surface area contributed by atoms with Gasteiger partial charge in [0.15, 0.2) is 0 Å². The molecule has 1 unspecified atom stereocenters. The molecule has 0 bridgehead atoms. The first-order valence-corrected chi connectivity index (χ1v) is 8.99. The highest BCUT2D eigenvalue weighted by molar-refractivity contribution is 9.10. The van der Waals surface area contributed by atoms with Crippen molar-refractivity contribution in [1.82, 2.24) is 5.32 Å². The zero-order valence-electron chi connectivity index (χ0n) is 13.9. The molecule has 1 fully saturated rings. The minimum Gasteiger partial charge on any atom is -0.486 e. The normalized spacial score (nSPS) is 23.0. The van der Waals surface area contributed by atoms with E-state index in [0.29, 0.717) is 6.42 Å². The highest BCUT2D eigenvalue weighted by Gasteiger charge is 2.50. The second-order valence-corrected chi connectivity index (χ2v) is 8.37. The monoisotopic (exact) mass is 381 g/mol. The Labute approximate surface area is 146 Å². The average Bonchev–Trinajstić information content (AvgIpc) is 2.46. The molecule has 5 heteroatoms. The fourth-order valence-electron chi connectivity index (χ4n) is 3.47. The Hall–Kier alpha value is -1.07. The van der Waals surface area contributed by atoms with Crippen LogP contribution >= 0.6 is 15.9 Å². The van der Waals surface area contributed by atoms with E-state index < -0.39 is 11.2 Å².